The van der Waals surface area contributed by atoms with E-state index in [1.54, 1.807) is 0 Å². The molecule has 112 valence electrons. The van der Waals surface area contributed by atoms with Crippen LogP contribution in [0.1, 0.15) is 42.7 Å². The first-order chi connectivity index (χ1) is 9.34. The fourth-order valence-corrected chi connectivity index (χ4v) is 2.40. The van der Waals surface area contributed by atoms with Gasteiger partial charge in [0, 0.05) is 32.2 Å². The summed E-state index contributed by atoms with van der Waals surface area (Å²) in [6, 6.07) is 0. The van der Waals surface area contributed by atoms with Gasteiger partial charge in [0.25, 0.3) is 0 Å². The molecule has 2 heterocycles. The highest BCUT2D eigenvalue weighted by molar-refractivity contribution is 5.30. The molecule has 0 bridgehead atoms. The molecule has 0 saturated carbocycles. The van der Waals surface area contributed by atoms with Crippen LogP contribution in [0.25, 0.3) is 0 Å². The van der Waals surface area contributed by atoms with Crippen LogP contribution in [-0.4, -0.2) is 23.6 Å². The molecule has 0 aliphatic carbocycles. The lowest BCUT2D eigenvalue weighted by Gasteiger charge is -2.24. The molecule has 2 rings (SSSR count). The van der Waals surface area contributed by atoms with Gasteiger partial charge in [-0.1, -0.05) is 13.8 Å². The van der Waals surface area contributed by atoms with Crippen molar-refractivity contribution in [3.63, 3.8) is 0 Å². The number of methoxy groups -OCH3 is 1. The van der Waals surface area contributed by atoms with Gasteiger partial charge in [0.2, 0.25) is 0 Å². The van der Waals surface area contributed by atoms with E-state index < -0.39 is 18.0 Å². The Bertz CT molecular complexity index is 488. The molecule has 4 nitrogen and oxygen atoms in total. The summed E-state index contributed by atoms with van der Waals surface area (Å²) in [6.07, 6.45) is -4.53. The second-order valence-electron chi connectivity index (χ2n) is 5.18. The molecular weight excluding hydrogens is 271 g/mol. The summed E-state index contributed by atoms with van der Waals surface area (Å²) in [4.78, 5) is 8.05. The highest BCUT2D eigenvalue weighted by atomic mass is 19.4. The van der Waals surface area contributed by atoms with E-state index in [2.05, 4.69) is 15.3 Å². The van der Waals surface area contributed by atoms with Crippen molar-refractivity contribution in [1.82, 2.24) is 15.3 Å². The Balaban J connectivity index is 2.55. The molecule has 1 aliphatic heterocycles. The van der Waals surface area contributed by atoms with Gasteiger partial charge in [-0.2, -0.15) is 13.2 Å². The van der Waals surface area contributed by atoms with Gasteiger partial charge in [0.15, 0.2) is 11.5 Å². The van der Waals surface area contributed by atoms with E-state index in [1.165, 1.54) is 7.11 Å². The Morgan fingerprint density at radius 2 is 1.95 bits per heavy atom. The molecule has 0 saturated heterocycles. The van der Waals surface area contributed by atoms with E-state index >= 15 is 0 Å². The van der Waals surface area contributed by atoms with Crippen molar-refractivity contribution in [2.24, 2.45) is 5.92 Å². The highest BCUT2D eigenvalue weighted by Crippen LogP contribution is 2.34. The fourth-order valence-electron chi connectivity index (χ4n) is 2.40. The lowest BCUT2D eigenvalue weighted by atomic mass is 10.0. The Kier molecular flexibility index (Phi) is 4.29. The number of alkyl halides is 3. The van der Waals surface area contributed by atoms with Crippen LogP contribution >= 0.6 is 0 Å². The van der Waals surface area contributed by atoms with Crippen LogP contribution in [0.5, 0.6) is 0 Å². The number of nitrogens with zero attached hydrogens (tertiary/aromatic N) is 2. The van der Waals surface area contributed by atoms with Crippen LogP contribution in [0.15, 0.2) is 0 Å². The van der Waals surface area contributed by atoms with Crippen molar-refractivity contribution in [3.8, 4) is 0 Å². The van der Waals surface area contributed by atoms with E-state index in [-0.39, 0.29) is 23.9 Å². The highest BCUT2D eigenvalue weighted by Gasteiger charge is 2.38. The topological polar surface area (TPSA) is 47.0 Å². The van der Waals surface area contributed by atoms with Crippen molar-refractivity contribution < 1.29 is 17.9 Å². The Morgan fingerprint density at radius 3 is 2.50 bits per heavy atom. The van der Waals surface area contributed by atoms with Gasteiger partial charge < -0.3 is 10.1 Å². The summed E-state index contributed by atoms with van der Waals surface area (Å²) in [5.41, 5.74) is -0.206. The molecule has 1 aromatic heterocycles. The van der Waals surface area contributed by atoms with E-state index in [4.69, 9.17) is 4.74 Å². The van der Waals surface area contributed by atoms with Crippen LogP contribution in [0, 0.1) is 5.92 Å². The molecular formula is C13H18F3N3O. The summed E-state index contributed by atoms with van der Waals surface area (Å²) < 4.78 is 44.7. The average molecular weight is 289 g/mol. The van der Waals surface area contributed by atoms with Gasteiger partial charge in [-0.3, -0.25) is 0 Å². The molecule has 7 heteroatoms. The van der Waals surface area contributed by atoms with E-state index in [0.717, 1.165) is 0 Å². The predicted molar refractivity (Wildman–Crippen MR) is 67.0 cm³/mol. The molecule has 1 unspecified atom stereocenters. The van der Waals surface area contributed by atoms with Crippen LogP contribution in [0.4, 0.5) is 13.2 Å². The second kappa shape index (κ2) is 5.65. The first-order valence-corrected chi connectivity index (χ1v) is 6.55. The molecule has 1 atom stereocenters. The van der Waals surface area contributed by atoms with Crippen molar-refractivity contribution in [2.75, 3.05) is 13.7 Å². The van der Waals surface area contributed by atoms with Gasteiger partial charge >= 0.3 is 6.18 Å². The summed E-state index contributed by atoms with van der Waals surface area (Å²) >= 11 is 0. The third kappa shape index (κ3) is 2.93. The summed E-state index contributed by atoms with van der Waals surface area (Å²) in [6.45, 7) is 4.52. The second-order valence-corrected chi connectivity index (χ2v) is 5.18. The molecule has 0 spiro atoms. The molecule has 0 amide bonds. The van der Waals surface area contributed by atoms with Crippen molar-refractivity contribution >= 4 is 0 Å². The first kappa shape index (κ1) is 15.2. The average Bonchev–Trinajstić information content (AvgIpc) is 2.37. The maximum atomic E-state index is 13.2. The fraction of sp³-hybridized carbons (Fsp3) is 0.692. The summed E-state index contributed by atoms with van der Waals surface area (Å²) in [7, 11) is 1.46. The lowest BCUT2D eigenvalue weighted by Crippen LogP contribution is -2.30. The minimum atomic E-state index is -4.48. The SMILES string of the molecule is COC(c1nc2c(c(C(F)(F)F)n1)CNCC2)C(C)C. The molecule has 0 aromatic carbocycles. The van der Waals surface area contributed by atoms with E-state index in [1.807, 2.05) is 13.8 Å². The van der Waals surface area contributed by atoms with Crippen LogP contribution in [0.2, 0.25) is 0 Å². The molecule has 1 aliphatic rings. The number of fused-ring (bicyclic) bond motifs is 1. The quantitative estimate of drug-likeness (QED) is 0.928. The van der Waals surface area contributed by atoms with Gasteiger partial charge in [-0.25, -0.2) is 9.97 Å². The molecule has 0 radical (unpaired) electrons. The lowest BCUT2D eigenvalue weighted by molar-refractivity contribution is -0.142. The third-order valence-electron chi connectivity index (χ3n) is 3.33. The van der Waals surface area contributed by atoms with E-state index in [0.29, 0.717) is 18.7 Å². The normalized spacial score (nSPS) is 17.1. The standard InChI is InChI=1S/C13H18F3N3O/c1-7(2)10(20-3)12-18-9-4-5-17-6-8(9)11(19-12)13(14,15)16/h7,10,17H,4-6H2,1-3H3. The van der Waals surface area contributed by atoms with Crippen LogP contribution in [-0.2, 0) is 23.9 Å². The molecule has 20 heavy (non-hydrogen) atoms. The molecule has 1 N–H and O–H groups in total. The Hall–Kier alpha value is -1.21. The number of rotatable bonds is 3. The maximum absolute atomic E-state index is 13.2. The summed E-state index contributed by atoms with van der Waals surface area (Å²) in [5, 5.41) is 2.93. The number of aromatic nitrogens is 2. The monoisotopic (exact) mass is 289 g/mol. The van der Waals surface area contributed by atoms with Crippen molar-refractivity contribution in [1.29, 1.82) is 0 Å². The largest absolute Gasteiger partial charge is 0.433 e. The third-order valence-corrected chi connectivity index (χ3v) is 3.33. The number of nitrogens with one attached hydrogen (secondary N) is 1. The van der Waals surface area contributed by atoms with Crippen molar-refractivity contribution in [2.45, 2.75) is 39.1 Å². The van der Waals surface area contributed by atoms with Crippen LogP contribution < -0.4 is 5.32 Å². The van der Waals surface area contributed by atoms with Gasteiger partial charge in [-0.05, 0) is 5.92 Å². The summed E-state index contributed by atoms with van der Waals surface area (Å²) in [5.74, 6) is 0.122. The van der Waals surface area contributed by atoms with Gasteiger partial charge in [0.05, 0.1) is 5.69 Å². The zero-order valence-electron chi connectivity index (χ0n) is 11.7. The zero-order chi connectivity index (χ0) is 14.9. The number of ether oxygens (including phenoxy) is 1. The minimum absolute atomic E-state index is 0.000786. The number of halogens is 3. The number of hydrogen-bond acceptors (Lipinski definition) is 4. The zero-order valence-corrected chi connectivity index (χ0v) is 11.7. The molecule has 1 aromatic rings. The van der Waals surface area contributed by atoms with E-state index in [9.17, 15) is 13.2 Å². The first-order valence-electron chi connectivity index (χ1n) is 6.55. The maximum Gasteiger partial charge on any atom is 0.433 e. The number of hydrogen-bond donors (Lipinski definition) is 1. The minimum Gasteiger partial charge on any atom is -0.373 e. The Labute approximate surface area is 115 Å². The Morgan fingerprint density at radius 1 is 1.25 bits per heavy atom. The molecule has 0 fully saturated rings. The predicted octanol–water partition coefficient (Wildman–Crippen LogP) is 2.48. The van der Waals surface area contributed by atoms with Gasteiger partial charge in [-0.15, -0.1) is 0 Å². The van der Waals surface area contributed by atoms with Crippen LogP contribution in [0.3, 0.4) is 0 Å². The smallest absolute Gasteiger partial charge is 0.373 e. The van der Waals surface area contributed by atoms with Gasteiger partial charge in [0.1, 0.15) is 6.10 Å². The van der Waals surface area contributed by atoms with Crippen molar-refractivity contribution in [3.05, 3.63) is 22.8 Å².